The normalized spacial score (nSPS) is 13.1. The van der Waals surface area contributed by atoms with Crippen molar-refractivity contribution in [2.45, 2.75) is 26.8 Å². The summed E-state index contributed by atoms with van der Waals surface area (Å²) in [5.41, 5.74) is 1.72. The Bertz CT molecular complexity index is 892. The summed E-state index contributed by atoms with van der Waals surface area (Å²) >= 11 is 0. The standard InChI is InChI=1S/C22H26N2O4/c1-22(2,21(26)24-12-11-16-7-5-6-8-17(16)24)20(25)23-14-15-9-10-18(27-3)19(13-15)28-4/h5-10,13H,11-12,14H2,1-4H3,(H,23,25). The van der Waals surface area contributed by atoms with Gasteiger partial charge in [-0.2, -0.15) is 0 Å². The summed E-state index contributed by atoms with van der Waals surface area (Å²) in [6, 6.07) is 13.3. The predicted octanol–water partition coefficient (Wildman–Crippen LogP) is 2.94. The van der Waals surface area contributed by atoms with Crippen molar-refractivity contribution >= 4 is 17.5 Å². The number of ether oxygens (including phenoxy) is 2. The van der Waals surface area contributed by atoms with Gasteiger partial charge in [-0.25, -0.2) is 0 Å². The number of para-hydroxylation sites is 1. The van der Waals surface area contributed by atoms with Crippen molar-refractivity contribution in [2.24, 2.45) is 5.41 Å². The maximum absolute atomic E-state index is 13.1. The molecule has 0 saturated heterocycles. The maximum atomic E-state index is 13.1. The first-order valence-electron chi connectivity index (χ1n) is 9.27. The topological polar surface area (TPSA) is 67.9 Å². The van der Waals surface area contributed by atoms with Crippen molar-refractivity contribution in [2.75, 3.05) is 25.7 Å². The number of fused-ring (bicyclic) bond motifs is 1. The van der Waals surface area contributed by atoms with Crippen LogP contribution in [0.4, 0.5) is 5.69 Å². The molecular formula is C22H26N2O4. The number of nitrogens with one attached hydrogen (secondary N) is 1. The zero-order valence-electron chi connectivity index (χ0n) is 16.7. The molecule has 148 valence electrons. The van der Waals surface area contributed by atoms with Crippen LogP contribution >= 0.6 is 0 Å². The smallest absolute Gasteiger partial charge is 0.242 e. The van der Waals surface area contributed by atoms with Crippen molar-refractivity contribution < 1.29 is 19.1 Å². The predicted molar refractivity (Wildman–Crippen MR) is 108 cm³/mol. The van der Waals surface area contributed by atoms with Gasteiger partial charge in [0.15, 0.2) is 11.5 Å². The van der Waals surface area contributed by atoms with Gasteiger partial charge in [0.05, 0.1) is 14.2 Å². The molecule has 0 atom stereocenters. The monoisotopic (exact) mass is 382 g/mol. The zero-order valence-corrected chi connectivity index (χ0v) is 16.7. The molecule has 1 N–H and O–H groups in total. The molecule has 6 nitrogen and oxygen atoms in total. The second kappa shape index (κ2) is 7.92. The fourth-order valence-corrected chi connectivity index (χ4v) is 3.38. The van der Waals surface area contributed by atoms with E-state index in [9.17, 15) is 9.59 Å². The molecule has 2 aromatic carbocycles. The molecule has 6 heteroatoms. The van der Waals surface area contributed by atoms with Crippen LogP contribution in [0.15, 0.2) is 42.5 Å². The molecule has 0 bridgehead atoms. The minimum atomic E-state index is -1.17. The van der Waals surface area contributed by atoms with Crippen molar-refractivity contribution in [3.63, 3.8) is 0 Å². The Morgan fingerprint density at radius 1 is 1.07 bits per heavy atom. The molecule has 2 aromatic rings. The van der Waals surface area contributed by atoms with E-state index in [1.54, 1.807) is 39.0 Å². The van der Waals surface area contributed by atoms with Crippen molar-refractivity contribution in [3.05, 3.63) is 53.6 Å². The molecule has 0 saturated carbocycles. The van der Waals surface area contributed by atoms with Gasteiger partial charge in [0.1, 0.15) is 5.41 Å². The highest BCUT2D eigenvalue weighted by Gasteiger charge is 2.41. The summed E-state index contributed by atoms with van der Waals surface area (Å²) < 4.78 is 10.5. The maximum Gasteiger partial charge on any atom is 0.242 e. The lowest BCUT2D eigenvalue weighted by molar-refractivity contribution is -0.139. The van der Waals surface area contributed by atoms with Crippen LogP contribution in [0.2, 0.25) is 0 Å². The SMILES string of the molecule is COc1ccc(CNC(=O)C(C)(C)C(=O)N2CCc3ccccc32)cc1OC. The van der Waals surface area contributed by atoms with E-state index in [0.717, 1.165) is 23.2 Å². The van der Waals surface area contributed by atoms with E-state index in [4.69, 9.17) is 9.47 Å². The number of benzene rings is 2. The molecule has 3 rings (SSSR count). The lowest BCUT2D eigenvalue weighted by Crippen LogP contribution is -2.49. The largest absolute Gasteiger partial charge is 0.493 e. The van der Waals surface area contributed by atoms with E-state index in [1.807, 2.05) is 36.4 Å². The first kappa shape index (κ1) is 19.7. The van der Waals surface area contributed by atoms with Crippen LogP contribution < -0.4 is 19.7 Å². The van der Waals surface area contributed by atoms with Gasteiger partial charge in [0.2, 0.25) is 11.8 Å². The van der Waals surface area contributed by atoms with Crippen LogP contribution in [0.3, 0.4) is 0 Å². The molecule has 1 aliphatic heterocycles. The third kappa shape index (κ3) is 3.67. The summed E-state index contributed by atoms with van der Waals surface area (Å²) in [5, 5.41) is 2.87. The number of carbonyl (C=O) groups is 2. The average molecular weight is 382 g/mol. The lowest BCUT2D eigenvalue weighted by Gasteiger charge is -2.28. The summed E-state index contributed by atoms with van der Waals surface area (Å²) in [5.74, 6) is 0.720. The fourth-order valence-electron chi connectivity index (χ4n) is 3.38. The van der Waals surface area contributed by atoms with Gasteiger partial charge in [-0.1, -0.05) is 24.3 Å². The molecule has 28 heavy (non-hydrogen) atoms. The molecule has 0 aromatic heterocycles. The van der Waals surface area contributed by atoms with E-state index in [0.29, 0.717) is 24.6 Å². The van der Waals surface area contributed by atoms with Gasteiger partial charge < -0.3 is 19.7 Å². The highest BCUT2D eigenvalue weighted by molar-refractivity contribution is 6.11. The third-order valence-electron chi connectivity index (χ3n) is 5.14. The van der Waals surface area contributed by atoms with Crippen LogP contribution in [-0.4, -0.2) is 32.6 Å². The molecule has 1 heterocycles. The van der Waals surface area contributed by atoms with Gasteiger partial charge in [0, 0.05) is 18.8 Å². The van der Waals surface area contributed by atoms with E-state index in [-0.39, 0.29) is 11.8 Å². The van der Waals surface area contributed by atoms with Crippen LogP contribution in [0.1, 0.15) is 25.0 Å². The average Bonchev–Trinajstić information content (AvgIpc) is 3.14. The number of carbonyl (C=O) groups excluding carboxylic acids is 2. The van der Waals surface area contributed by atoms with Crippen molar-refractivity contribution in [1.29, 1.82) is 0 Å². The van der Waals surface area contributed by atoms with Gasteiger partial charge in [0.25, 0.3) is 0 Å². The lowest BCUT2D eigenvalue weighted by atomic mass is 9.90. The quantitative estimate of drug-likeness (QED) is 0.780. The van der Waals surface area contributed by atoms with Gasteiger partial charge in [-0.3, -0.25) is 9.59 Å². The van der Waals surface area contributed by atoms with Gasteiger partial charge >= 0.3 is 0 Å². The summed E-state index contributed by atoms with van der Waals surface area (Å²) in [6.07, 6.45) is 0.811. The molecule has 0 unspecified atom stereocenters. The molecular weight excluding hydrogens is 356 g/mol. The molecule has 2 amide bonds. The van der Waals surface area contributed by atoms with Crippen LogP contribution in [0, 0.1) is 5.41 Å². The third-order valence-corrected chi connectivity index (χ3v) is 5.14. The Kier molecular flexibility index (Phi) is 5.58. The summed E-state index contributed by atoms with van der Waals surface area (Å²) in [4.78, 5) is 27.6. The molecule has 1 aliphatic rings. The highest BCUT2D eigenvalue weighted by atomic mass is 16.5. The first-order valence-corrected chi connectivity index (χ1v) is 9.27. The van der Waals surface area contributed by atoms with Crippen molar-refractivity contribution in [1.82, 2.24) is 5.32 Å². The fraction of sp³-hybridized carbons (Fsp3) is 0.364. The number of anilines is 1. The molecule has 0 fully saturated rings. The number of hydrogen-bond donors (Lipinski definition) is 1. The van der Waals surface area contributed by atoms with E-state index in [1.165, 1.54) is 0 Å². The summed E-state index contributed by atoms with van der Waals surface area (Å²) in [7, 11) is 3.14. The number of methoxy groups -OCH3 is 2. The Hall–Kier alpha value is -3.02. The minimum absolute atomic E-state index is 0.192. The summed E-state index contributed by atoms with van der Waals surface area (Å²) in [6.45, 7) is 4.23. The molecule has 0 spiro atoms. The molecule has 0 aliphatic carbocycles. The first-order chi connectivity index (χ1) is 13.4. The van der Waals surface area contributed by atoms with Crippen LogP contribution in [0.25, 0.3) is 0 Å². The minimum Gasteiger partial charge on any atom is -0.493 e. The number of rotatable bonds is 6. The number of amides is 2. The second-order valence-electron chi connectivity index (χ2n) is 7.33. The van der Waals surface area contributed by atoms with Gasteiger partial charge in [-0.05, 0) is 49.6 Å². The number of hydrogen-bond acceptors (Lipinski definition) is 4. The van der Waals surface area contributed by atoms with E-state index >= 15 is 0 Å². The Morgan fingerprint density at radius 2 is 1.79 bits per heavy atom. The van der Waals surface area contributed by atoms with Crippen LogP contribution in [0.5, 0.6) is 11.5 Å². The number of nitrogens with zero attached hydrogens (tertiary/aromatic N) is 1. The Morgan fingerprint density at radius 3 is 2.50 bits per heavy atom. The van der Waals surface area contributed by atoms with Gasteiger partial charge in [-0.15, -0.1) is 0 Å². The molecule has 0 radical (unpaired) electrons. The Labute approximate surface area is 165 Å². The van der Waals surface area contributed by atoms with Crippen LogP contribution in [-0.2, 0) is 22.6 Å². The Balaban J connectivity index is 1.69. The zero-order chi connectivity index (χ0) is 20.3. The van der Waals surface area contributed by atoms with E-state index < -0.39 is 5.41 Å². The second-order valence-corrected chi connectivity index (χ2v) is 7.33. The van der Waals surface area contributed by atoms with Crippen molar-refractivity contribution in [3.8, 4) is 11.5 Å². The highest BCUT2D eigenvalue weighted by Crippen LogP contribution is 2.32. The van der Waals surface area contributed by atoms with E-state index in [2.05, 4.69) is 5.32 Å².